The maximum atomic E-state index is 11.9. The number of amides is 1. The second-order valence-corrected chi connectivity index (χ2v) is 6.39. The SMILES string of the molecule is CN=C(NCc1nc(C)no1)NC1CN(C(=O)OC(C)(C)C)C1.I. The minimum atomic E-state index is -0.477. The second kappa shape index (κ2) is 8.49. The Labute approximate surface area is 158 Å². The standard InChI is InChI=1S/C14H24N6O3.HI/c1-9-17-11(23-19-9)6-16-12(15-5)18-10-7-20(8-10)13(21)22-14(2,3)4;/h10H,6-8H2,1-5H3,(H2,15,16,18);1H. The molecule has 2 heterocycles. The van der Waals surface area contributed by atoms with E-state index >= 15 is 0 Å². The number of rotatable bonds is 3. The molecule has 0 aliphatic carbocycles. The van der Waals surface area contributed by atoms with Crippen LogP contribution in [0.1, 0.15) is 32.5 Å². The van der Waals surface area contributed by atoms with Crippen LogP contribution in [0.3, 0.4) is 0 Å². The number of nitrogens with zero attached hydrogens (tertiary/aromatic N) is 4. The van der Waals surface area contributed by atoms with Gasteiger partial charge in [-0.15, -0.1) is 24.0 Å². The fraction of sp³-hybridized carbons (Fsp3) is 0.714. The lowest BCUT2D eigenvalue weighted by Gasteiger charge is -2.40. The Morgan fingerprint density at radius 2 is 2.12 bits per heavy atom. The van der Waals surface area contributed by atoms with E-state index < -0.39 is 5.60 Å². The van der Waals surface area contributed by atoms with Crippen LogP contribution in [0.15, 0.2) is 9.52 Å². The van der Waals surface area contributed by atoms with E-state index in [2.05, 4.69) is 25.8 Å². The second-order valence-electron chi connectivity index (χ2n) is 6.39. The maximum Gasteiger partial charge on any atom is 0.410 e. The largest absolute Gasteiger partial charge is 0.444 e. The summed E-state index contributed by atoms with van der Waals surface area (Å²) in [6.45, 7) is 8.87. The van der Waals surface area contributed by atoms with Crippen LogP contribution in [-0.4, -0.2) is 58.9 Å². The van der Waals surface area contributed by atoms with E-state index in [1.807, 2.05) is 20.8 Å². The highest BCUT2D eigenvalue weighted by Gasteiger charge is 2.34. The zero-order valence-corrected chi connectivity index (χ0v) is 17.0. The van der Waals surface area contributed by atoms with E-state index in [1.54, 1.807) is 18.9 Å². The van der Waals surface area contributed by atoms with E-state index in [0.717, 1.165) is 0 Å². The number of carbonyl (C=O) groups is 1. The summed E-state index contributed by atoms with van der Waals surface area (Å²) in [5, 5.41) is 10.0. The first kappa shape index (κ1) is 20.5. The van der Waals surface area contributed by atoms with Crippen LogP contribution in [0, 0.1) is 6.92 Å². The van der Waals surface area contributed by atoms with Gasteiger partial charge in [0.15, 0.2) is 11.8 Å². The molecule has 136 valence electrons. The van der Waals surface area contributed by atoms with E-state index in [9.17, 15) is 4.79 Å². The van der Waals surface area contributed by atoms with Crippen molar-refractivity contribution in [2.45, 2.75) is 45.9 Å². The smallest absolute Gasteiger partial charge is 0.410 e. The molecule has 1 aromatic rings. The van der Waals surface area contributed by atoms with Gasteiger partial charge in [-0.1, -0.05) is 5.16 Å². The molecule has 0 saturated carbocycles. The summed E-state index contributed by atoms with van der Waals surface area (Å²) >= 11 is 0. The third-order valence-electron chi connectivity index (χ3n) is 3.07. The van der Waals surface area contributed by atoms with Gasteiger partial charge >= 0.3 is 6.09 Å². The summed E-state index contributed by atoms with van der Waals surface area (Å²) < 4.78 is 10.3. The van der Waals surface area contributed by atoms with Crippen molar-refractivity contribution in [1.82, 2.24) is 25.7 Å². The number of aromatic nitrogens is 2. The number of aliphatic imine (C=N–C) groups is 1. The molecule has 1 aromatic heterocycles. The average Bonchev–Trinajstić information content (AvgIpc) is 2.80. The zero-order chi connectivity index (χ0) is 17.0. The minimum Gasteiger partial charge on any atom is -0.444 e. The van der Waals surface area contributed by atoms with Gasteiger partial charge in [0.05, 0.1) is 12.6 Å². The molecule has 2 rings (SSSR count). The van der Waals surface area contributed by atoms with Gasteiger partial charge in [0.2, 0.25) is 5.89 Å². The number of halogens is 1. The Morgan fingerprint density at radius 1 is 1.46 bits per heavy atom. The molecule has 1 aliphatic rings. The highest BCUT2D eigenvalue weighted by molar-refractivity contribution is 14.0. The van der Waals surface area contributed by atoms with Gasteiger partial charge in [0.1, 0.15) is 5.60 Å². The van der Waals surface area contributed by atoms with Gasteiger partial charge in [-0.2, -0.15) is 4.98 Å². The lowest BCUT2D eigenvalue weighted by molar-refractivity contribution is 0.00701. The molecule has 0 atom stereocenters. The molecule has 0 aromatic carbocycles. The van der Waals surface area contributed by atoms with Crippen molar-refractivity contribution < 1.29 is 14.1 Å². The van der Waals surface area contributed by atoms with Crippen LogP contribution in [0.25, 0.3) is 0 Å². The van der Waals surface area contributed by atoms with Gasteiger partial charge in [-0.05, 0) is 27.7 Å². The molecule has 0 spiro atoms. The van der Waals surface area contributed by atoms with Gasteiger partial charge in [-0.3, -0.25) is 4.99 Å². The van der Waals surface area contributed by atoms with Crippen molar-refractivity contribution in [3.63, 3.8) is 0 Å². The summed E-state index contributed by atoms with van der Waals surface area (Å²) in [4.78, 5) is 21.7. The fourth-order valence-electron chi connectivity index (χ4n) is 2.00. The predicted octanol–water partition coefficient (Wildman–Crippen LogP) is 1.28. The van der Waals surface area contributed by atoms with E-state index in [4.69, 9.17) is 9.26 Å². The van der Waals surface area contributed by atoms with Crippen LogP contribution >= 0.6 is 24.0 Å². The van der Waals surface area contributed by atoms with Crippen molar-refractivity contribution in [1.29, 1.82) is 0 Å². The Balaban J connectivity index is 0.00000288. The van der Waals surface area contributed by atoms with Crippen LogP contribution < -0.4 is 10.6 Å². The summed E-state index contributed by atoms with van der Waals surface area (Å²) in [5.74, 6) is 1.71. The first-order chi connectivity index (χ1) is 10.8. The highest BCUT2D eigenvalue weighted by atomic mass is 127. The monoisotopic (exact) mass is 452 g/mol. The number of likely N-dealkylation sites (tertiary alicyclic amines) is 1. The average molecular weight is 452 g/mol. The minimum absolute atomic E-state index is 0. The van der Waals surface area contributed by atoms with Crippen molar-refractivity contribution in [2.24, 2.45) is 4.99 Å². The molecule has 0 unspecified atom stereocenters. The number of ether oxygens (including phenoxy) is 1. The van der Waals surface area contributed by atoms with Crippen molar-refractivity contribution in [3.05, 3.63) is 11.7 Å². The van der Waals surface area contributed by atoms with E-state index in [0.29, 0.717) is 37.3 Å². The fourth-order valence-corrected chi connectivity index (χ4v) is 2.00. The van der Waals surface area contributed by atoms with Crippen LogP contribution in [-0.2, 0) is 11.3 Å². The van der Waals surface area contributed by atoms with Crippen LogP contribution in [0.5, 0.6) is 0 Å². The Morgan fingerprint density at radius 3 is 2.62 bits per heavy atom. The third-order valence-corrected chi connectivity index (χ3v) is 3.07. The molecule has 2 N–H and O–H groups in total. The van der Waals surface area contributed by atoms with Crippen LogP contribution in [0.2, 0.25) is 0 Å². The number of aryl methyl sites for hydroxylation is 1. The first-order valence-corrected chi connectivity index (χ1v) is 7.51. The van der Waals surface area contributed by atoms with E-state index in [-0.39, 0.29) is 36.1 Å². The van der Waals surface area contributed by atoms with Crippen molar-refractivity contribution in [2.75, 3.05) is 20.1 Å². The lowest BCUT2D eigenvalue weighted by atomic mass is 10.1. The number of guanidine groups is 1. The van der Waals surface area contributed by atoms with Gasteiger partial charge < -0.3 is 24.8 Å². The molecule has 1 saturated heterocycles. The number of hydrogen-bond donors (Lipinski definition) is 2. The Kier molecular flexibility index (Phi) is 7.24. The molecule has 10 heteroatoms. The van der Waals surface area contributed by atoms with Crippen molar-refractivity contribution in [3.8, 4) is 0 Å². The Bertz CT molecular complexity index is 577. The summed E-state index contributed by atoms with van der Waals surface area (Å²) in [5.41, 5.74) is -0.477. The molecular weight excluding hydrogens is 427 g/mol. The summed E-state index contributed by atoms with van der Waals surface area (Å²) in [7, 11) is 1.68. The Hall–Kier alpha value is -1.59. The molecule has 24 heavy (non-hydrogen) atoms. The first-order valence-electron chi connectivity index (χ1n) is 7.51. The normalized spacial score (nSPS) is 15.4. The van der Waals surface area contributed by atoms with Crippen LogP contribution in [0.4, 0.5) is 4.79 Å². The molecular formula is C14H25IN6O3. The van der Waals surface area contributed by atoms with Gasteiger partial charge in [0.25, 0.3) is 0 Å². The molecule has 1 fully saturated rings. The van der Waals surface area contributed by atoms with Gasteiger partial charge in [0, 0.05) is 20.1 Å². The third kappa shape index (κ3) is 6.13. The highest BCUT2D eigenvalue weighted by Crippen LogP contribution is 2.15. The molecule has 1 amide bonds. The molecule has 0 radical (unpaired) electrons. The summed E-state index contributed by atoms with van der Waals surface area (Å²) in [6, 6.07) is 0.137. The quantitative estimate of drug-likeness (QED) is 0.405. The maximum absolute atomic E-state index is 11.9. The predicted molar refractivity (Wildman–Crippen MR) is 99.4 cm³/mol. The topological polar surface area (TPSA) is 105 Å². The molecule has 1 aliphatic heterocycles. The molecule has 9 nitrogen and oxygen atoms in total. The van der Waals surface area contributed by atoms with Gasteiger partial charge in [-0.25, -0.2) is 4.79 Å². The lowest BCUT2D eigenvalue weighted by Crippen LogP contribution is -2.63. The molecule has 0 bridgehead atoms. The summed E-state index contributed by atoms with van der Waals surface area (Å²) in [6.07, 6.45) is -0.292. The van der Waals surface area contributed by atoms with E-state index in [1.165, 1.54) is 0 Å². The van der Waals surface area contributed by atoms with Crippen molar-refractivity contribution >= 4 is 36.0 Å². The number of nitrogens with one attached hydrogen (secondary N) is 2. The zero-order valence-electron chi connectivity index (χ0n) is 14.6. The number of carbonyl (C=O) groups excluding carboxylic acids is 1. The number of hydrogen-bond acceptors (Lipinski definition) is 6.